The van der Waals surface area contributed by atoms with E-state index >= 15 is 0 Å². The fourth-order valence-corrected chi connectivity index (χ4v) is 4.12. The van der Waals surface area contributed by atoms with Gasteiger partial charge < -0.3 is 10.2 Å². The predicted octanol–water partition coefficient (Wildman–Crippen LogP) is 3.48. The molecule has 3 rings (SSSR count). The molecule has 27 heavy (non-hydrogen) atoms. The van der Waals surface area contributed by atoms with Crippen molar-refractivity contribution < 1.29 is 9.18 Å². The lowest BCUT2D eigenvalue weighted by atomic mass is 9.93. The zero-order chi connectivity index (χ0) is 17.6. The first kappa shape index (κ1) is 24.2. The standard InChI is InChI=1S/C20H30FN3O.2ClH/c1-22-11-8-16-9-13-23(14-10-16)20(25)19-3-2-12-24(19)15-17-4-6-18(21)7-5-17;;/h4-7,16,19,22H,2-3,8-15H2,1H3;2*1H. The molecular formula is C20H32Cl2FN3O. The smallest absolute Gasteiger partial charge is 0.239 e. The number of carbonyl (C=O) groups excluding carboxylic acids is 1. The van der Waals surface area contributed by atoms with E-state index in [1.54, 1.807) is 0 Å². The second-order valence-corrected chi connectivity index (χ2v) is 7.42. The van der Waals surface area contributed by atoms with Gasteiger partial charge in [-0.25, -0.2) is 4.39 Å². The van der Waals surface area contributed by atoms with Gasteiger partial charge in [-0.1, -0.05) is 12.1 Å². The molecule has 0 spiro atoms. The van der Waals surface area contributed by atoms with E-state index in [1.165, 1.54) is 18.6 Å². The second kappa shape index (κ2) is 11.8. The molecule has 2 aliphatic heterocycles. The Bertz CT molecular complexity index is 565. The third kappa shape index (κ3) is 6.60. The van der Waals surface area contributed by atoms with Crippen LogP contribution in [0.1, 0.15) is 37.7 Å². The summed E-state index contributed by atoms with van der Waals surface area (Å²) in [5.74, 6) is 0.834. The normalized spacial score (nSPS) is 20.8. The van der Waals surface area contributed by atoms with Gasteiger partial charge in [0.05, 0.1) is 6.04 Å². The van der Waals surface area contributed by atoms with Crippen LogP contribution in [0.25, 0.3) is 0 Å². The highest BCUT2D eigenvalue weighted by Crippen LogP contribution is 2.25. The maximum atomic E-state index is 13.1. The number of rotatable bonds is 6. The SMILES string of the molecule is CNCCC1CCN(C(=O)C2CCCN2Cc2ccc(F)cc2)CC1.Cl.Cl. The Morgan fingerprint density at radius 2 is 1.78 bits per heavy atom. The molecule has 1 N–H and O–H groups in total. The van der Waals surface area contributed by atoms with Gasteiger partial charge in [0.25, 0.3) is 0 Å². The molecule has 154 valence electrons. The van der Waals surface area contributed by atoms with Crippen LogP contribution in [0.4, 0.5) is 4.39 Å². The van der Waals surface area contributed by atoms with E-state index in [9.17, 15) is 9.18 Å². The fraction of sp³-hybridized carbons (Fsp3) is 0.650. The summed E-state index contributed by atoms with van der Waals surface area (Å²) in [6.45, 7) is 4.54. The minimum absolute atomic E-state index is 0. The summed E-state index contributed by atoms with van der Waals surface area (Å²) in [6, 6.07) is 6.64. The van der Waals surface area contributed by atoms with E-state index in [0.717, 1.165) is 69.9 Å². The molecule has 2 fully saturated rings. The van der Waals surface area contributed by atoms with E-state index in [2.05, 4.69) is 15.1 Å². The van der Waals surface area contributed by atoms with Crippen LogP contribution >= 0.6 is 24.8 Å². The summed E-state index contributed by atoms with van der Waals surface area (Å²) in [4.78, 5) is 17.3. The van der Waals surface area contributed by atoms with Crippen molar-refractivity contribution in [2.24, 2.45) is 5.92 Å². The second-order valence-electron chi connectivity index (χ2n) is 7.42. The predicted molar refractivity (Wildman–Crippen MR) is 112 cm³/mol. The number of halogens is 3. The Labute approximate surface area is 174 Å². The molecule has 4 nitrogen and oxygen atoms in total. The molecule has 7 heteroatoms. The lowest BCUT2D eigenvalue weighted by Gasteiger charge is -2.35. The number of hydrogen-bond acceptors (Lipinski definition) is 3. The van der Waals surface area contributed by atoms with Crippen LogP contribution in [-0.4, -0.2) is 55.0 Å². The summed E-state index contributed by atoms with van der Waals surface area (Å²) in [5, 5.41) is 3.22. The molecular weight excluding hydrogens is 388 g/mol. The van der Waals surface area contributed by atoms with Crippen molar-refractivity contribution in [2.75, 3.05) is 33.2 Å². The van der Waals surface area contributed by atoms with Crippen molar-refractivity contribution in [3.05, 3.63) is 35.6 Å². The van der Waals surface area contributed by atoms with Gasteiger partial charge in [-0.05, 0) is 75.9 Å². The van der Waals surface area contributed by atoms with Crippen LogP contribution in [0.3, 0.4) is 0 Å². The van der Waals surface area contributed by atoms with E-state index in [0.29, 0.717) is 5.91 Å². The number of piperidine rings is 1. The lowest BCUT2D eigenvalue weighted by Crippen LogP contribution is -2.48. The summed E-state index contributed by atoms with van der Waals surface area (Å²) in [5.41, 5.74) is 1.08. The van der Waals surface area contributed by atoms with Crippen molar-refractivity contribution >= 4 is 30.7 Å². The van der Waals surface area contributed by atoms with Crippen molar-refractivity contribution in [3.63, 3.8) is 0 Å². The van der Waals surface area contributed by atoms with Crippen molar-refractivity contribution in [1.29, 1.82) is 0 Å². The average Bonchev–Trinajstić information content (AvgIpc) is 3.10. The zero-order valence-corrected chi connectivity index (χ0v) is 17.7. The maximum absolute atomic E-state index is 13.1. The Morgan fingerprint density at radius 1 is 1.11 bits per heavy atom. The minimum atomic E-state index is -0.209. The average molecular weight is 420 g/mol. The summed E-state index contributed by atoms with van der Waals surface area (Å²) >= 11 is 0. The number of nitrogens with zero attached hydrogens (tertiary/aromatic N) is 2. The van der Waals surface area contributed by atoms with Crippen LogP contribution in [-0.2, 0) is 11.3 Å². The van der Waals surface area contributed by atoms with Gasteiger partial charge in [-0.3, -0.25) is 9.69 Å². The molecule has 2 saturated heterocycles. The highest BCUT2D eigenvalue weighted by Gasteiger charge is 2.34. The van der Waals surface area contributed by atoms with Gasteiger partial charge in [-0.15, -0.1) is 24.8 Å². The first-order valence-corrected chi connectivity index (χ1v) is 9.59. The molecule has 0 bridgehead atoms. The number of nitrogens with one attached hydrogen (secondary N) is 1. The van der Waals surface area contributed by atoms with Crippen LogP contribution in [0.15, 0.2) is 24.3 Å². The quantitative estimate of drug-likeness (QED) is 0.766. The first-order chi connectivity index (χ1) is 12.2. The molecule has 0 aromatic heterocycles. The number of benzene rings is 1. The number of hydrogen-bond donors (Lipinski definition) is 1. The Morgan fingerprint density at radius 3 is 2.41 bits per heavy atom. The third-order valence-corrected chi connectivity index (χ3v) is 5.68. The molecule has 1 aromatic carbocycles. The van der Waals surface area contributed by atoms with Gasteiger partial charge in [0.2, 0.25) is 5.91 Å². The van der Waals surface area contributed by atoms with Crippen LogP contribution < -0.4 is 5.32 Å². The Hall–Kier alpha value is -0.880. The van der Waals surface area contributed by atoms with E-state index in [-0.39, 0.29) is 36.7 Å². The molecule has 0 aliphatic carbocycles. The summed E-state index contributed by atoms with van der Waals surface area (Å²) in [7, 11) is 1.99. The molecule has 1 atom stereocenters. The number of amides is 1. The van der Waals surface area contributed by atoms with Gasteiger partial charge in [-0.2, -0.15) is 0 Å². The molecule has 0 radical (unpaired) electrons. The molecule has 0 saturated carbocycles. The molecule has 1 amide bonds. The highest BCUT2D eigenvalue weighted by atomic mass is 35.5. The van der Waals surface area contributed by atoms with Gasteiger partial charge in [0.1, 0.15) is 5.82 Å². The largest absolute Gasteiger partial charge is 0.341 e. The molecule has 2 heterocycles. The topological polar surface area (TPSA) is 35.6 Å². The summed E-state index contributed by atoms with van der Waals surface area (Å²) in [6.07, 6.45) is 5.46. The van der Waals surface area contributed by atoms with Crippen molar-refractivity contribution in [1.82, 2.24) is 15.1 Å². The van der Waals surface area contributed by atoms with E-state index in [4.69, 9.17) is 0 Å². The van der Waals surface area contributed by atoms with Crippen molar-refractivity contribution in [3.8, 4) is 0 Å². The molecule has 1 unspecified atom stereocenters. The van der Waals surface area contributed by atoms with Crippen LogP contribution in [0.2, 0.25) is 0 Å². The zero-order valence-electron chi connectivity index (χ0n) is 16.0. The van der Waals surface area contributed by atoms with Gasteiger partial charge >= 0.3 is 0 Å². The number of carbonyl (C=O) groups is 1. The van der Waals surface area contributed by atoms with Gasteiger partial charge in [0, 0.05) is 19.6 Å². The van der Waals surface area contributed by atoms with Crippen LogP contribution in [0, 0.1) is 11.7 Å². The van der Waals surface area contributed by atoms with Crippen molar-refractivity contribution in [2.45, 2.75) is 44.7 Å². The third-order valence-electron chi connectivity index (χ3n) is 5.68. The minimum Gasteiger partial charge on any atom is -0.341 e. The Balaban J connectivity index is 0.00000182. The lowest BCUT2D eigenvalue weighted by molar-refractivity contribution is -0.137. The number of likely N-dealkylation sites (tertiary alicyclic amines) is 2. The molecule has 1 aromatic rings. The van der Waals surface area contributed by atoms with Gasteiger partial charge in [0.15, 0.2) is 0 Å². The first-order valence-electron chi connectivity index (χ1n) is 9.59. The monoisotopic (exact) mass is 419 g/mol. The molecule has 2 aliphatic rings. The highest BCUT2D eigenvalue weighted by molar-refractivity contribution is 5.85. The van der Waals surface area contributed by atoms with E-state index < -0.39 is 0 Å². The maximum Gasteiger partial charge on any atom is 0.239 e. The Kier molecular flexibility index (Phi) is 10.6. The van der Waals surface area contributed by atoms with Crippen LogP contribution in [0.5, 0.6) is 0 Å². The summed E-state index contributed by atoms with van der Waals surface area (Å²) < 4.78 is 13.1. The fourth-order valence-electron chi connectivity index (χ4n) is 4.12. The van der Waals surface area contributed by atoms with E-state index in [1.807, 2.05) is 19.2 Å².